The van der Waals surface area contributed by atoms with Crippen LogP contribution in [-0.4, -0.2) is 18.2 Å². The van der Waals surface area contributed by atoms with Crippen molar-refractivity contribution in [3.8, 4) is 0 Å². The van der Waals surface area contributed by atoms with Gasteiger partial charge in [-0.05, 0) is 20.3 Å². The van der Waals surface area contributed by atoms with E-state index < -0.39 is 24.0 Å². The van der Waals surface area contributed by atoms with Crippen LogP contribution < -0.4 is 0 Å². The number of unbranched alkanes of at least 4 members (excludes halogenated alkanes) is 1. The second-order valence-electron chi connectivity index (χ2n) is 4.56. The van der Waals surface area contributed by atoms with Gasteiger partial charge in [0.25, 0.3) is 0 Å². The topological polar surface area (TPSA) is 26.3 Å². The van der Waals surface area contributed by atoms with Gasteiger partial charge in [-0.15, -0.1) is 0 Å². The first kappa shape index (κ1) is 16.3. The molecule has 0 radical (unpaired) electrons. The maximum Gasteiger partial charge on any atom is 0.392 e. The molecule has 0 saturated carbocycles. The smallest absolute Gasteiger partial charge is 0.392 e. The summed E-state index contributed by atoms with van der Waals surface area (Å²) in [6, 6.07) is 0. The number of hydrogen-bond donors (Lipinski definition) is 0. The summed E-state index contributed by atoms with van der Waals surface area (Å²) < 4.78 is 42.7. The molecular weight excluding hydrogens is 233 g/mol. The number of carbonyl (C=O) groups is 1. The van der Waals surface area contributed by atoms with Crippen molar-refractivity contribution in [3.63, 3.8) is 0 Å². The molecule has 17 heavy (non-hydrogen) atoms. The van der Waals surface area contributed by atoms with Crippen molar-refractivity contribution >= 4 is 5.97 Å². The van der Waals surface area contributed by atoms with E-state index in [1.807, 2.05) is 6.92 Å². The number of rotatable bonds is 6. The van der Waals surface area contributed by atoms with E-state index in [9.17, 15) is 18.0 Å². The van der Waals surface area contributed by atoms with Gasteiger partial charge >= 0.3 is 12.1 Å². The second-order valence-corrected chi connectivity index (χ2v) is 4.56. The van der Waals surface area contributed by atoms with Crippen molar-refractivity contribution in [2.45, 2.75) is 59.2 Å². The van der Waals surface area contributed by atoms with Crippen molar-refractivity contribution in [1.82, 2.24) is 0 Å². The van der Waals surface area contributed by atoms with Crippen molar-refractivity contribution in [2.75, 3.05) is 0 Å². The third-order valence-electron chi connectivity index (χ3n) is 2.64. The molecular formula is C12H21F3O2. The van der Waals surface area contributed by atoms with Crippen LogP contribution in [0.5, 0.6) is 0 Å². The van der Waals surface area contributed by atoms with Gasteiger partial charge in [0.2, 0.25) is 0 Å². The SMILES string of the molecule is CCCCC(C(=O)OC(C)C)C(C)C(F)(F)F. The maximum absolute atomic E-state index is 12.6. The largest absolute Gasteiger partial charge is 0.463 e. The summed E-state index contributed by atoms with van der Waals surface area (Å²) in [6.45, 7) is 6.19. The fraction of sp³-hybridized carbons (Fsp3) is 0.917. The Morgan fingerprint density at radius 3 is 2.12 bits per heavy atom. The number of halogens is 3. The molecule has 0 aromatic heterocycles. The van der Waals surface area contributed by atoms with Crippen LogP contribution in [0.2, 0.25) is 0 Å². The molecule has 0 aliphatic carbocycles. The van der Waals surface area contributed by atoms with Crippen molar-refractivity contribution in [1.29, 1.82) is 0 Å². The molecule has 0 aromatic rings. The maximum atomic E-state index is 12.6. The lowest BCUT2D eigenvalue weighted by atomic mass is 9.89. The summed E-state index contributed by atoms with van der Waals surface area (Å²) in [7, 11) is 0. The van der Waals surface area contributed by atoms with Crippen LogP contribution in [0, 0.1) is 11.8 Å². The van der Waals surface area contributed by atoms with Crippen LogP contribution in [0.1, 0.15) is 47.0 Å². The molecule has 2 atom stereocenters. The summed E-state index contributed by atoms with van der Waals surface area (Å²) in [5, 5.41) is 0. The number of alkyl halides is 3. The van der Waals surface area contributed by atoms with Gasteiger partial charge in [0, 0.05) is 0 Å². The quantitative estimate of drug-likeness (QED) is 0.671. The molecule has 0 aromatic carbocycles. The normalized spacial score (nSPS) is 15.8. The van der Waals surface area contributed by atoms with E-state index in [4.69, 9.17) is 4.74 Å². The highest BCUT2D eigenvalue weighted by Crippen LogP contribution is 2.35. The fourth-order valence-corrected chi connectivity index (χ4v) is 1.54. The van der Waals surface area contributed by atoms with Crippen LogP contribution in [-0.2, 0) is 9.53 Å². The van der Waals surface area contributed by atoms with Crippen LogP contribution in [0.25, 0.3) is 0 Å². The Morgan fingerprint density at radius 1 is 1.24 bits per heavy atom. The van der Waals surface area contributed by atoms with Gasteiger partial charge in [-0.2, -0.15) is 13.2 Å². The lowest BCUT2D eigenvalue weighted by Crippen LogP contribution is -2.34. The number of esters is 1. The van der Waals surface area contributed by atoms with Gasteiger partial charge in [0.05, 0.1) is 17.9 Å². The monoisotopic (exact) mass is 254 g/mol. The average molecular weight is 254 g/mol. The number of ether oxygens (including phenoxy) is 1. The van der Waals surface area contributed by atoms with E-state index in [1.54, 1.807) is 13.8 Å². The van der Waals surface area contributed by atoms with E-state index >= 15 is 0 Å². The average Bonchev–Trinajstić information content (AvgIpc) is 2.15. The molecule has 0 aliphatic heterocycles. The predicted molar refractivity (Wildman–Crippen MR) is 59.5 cm³/mol. The summed E-state index contributed by atoms with van der Waals surface area (Å²) in [6.07, 6.45) is -3.15. The molecule has 0 aliphatic rings. The minimum absolute atomic E-state index is 0.225. The molecule has 0 N–H and O–H groups in total. The molecule has 5 heteroatoms. The molecule has 2 unspecified atom stereocenters. The predicted octanol–water partition coefficient (Wildman–Crippen LogP) is 3.94. The van der Waals surface area contributed by atoms with Gasteiger partial charge in [-0.1, -0.05) is 26.7 Å². The fourth-order valence-electron chi connectivity index (χ4n) is 1.54. The van der Waals surface area contributed by atoms with E-state index in [0.29, 0.717) is 6.42 Å². The van der Waals surface area contributed by atoms with Gasteiger partial charge in [0.15, 0.2) is 0 Å². The summed E-state index contributed by atoms with van der Waals surface area (Å²) in [5.41, 5.74) is 0. The van der Waals surface area contributed by atoms with E-state index in [0.717, 1.165) is 13.3 Å². The lowest BCUT2D eigenvalue weighted by Gasteiger charge is -2.25. The Morgan fingerprint density at radius 2 is 1.76 bits per heavy atom. The van der Waals surface area contributed by atoms with Gasteiger partial charge in [-0.3, -0.25) is 4.79 Å². The Hall–Kier alpha value is -0.740. The van der Waals surface area contributed by atoms with E-state index in [2.05, 4.69) is 0 Å². The molecule has 0 amide bonds. The molecule has 0 bridgehead atoms. The first-order valence-electron chi connectivity index (χ1n) is 5.97. The third-order valence-corrected chi connectivity index (χ3v) is 2.64. The first-order chi connectivity index (χ1) is 7.70. The van der Waals surface area contributed by atoms with Crippen molar-refractivity contribution < 1.29 is 22.7 Å². The highest BCUT2D eigenvalue weighted by Gasteiger charge is 2.44. The zero-order valence-corrected chi connectivity index (χ0v) is 10.8. The zero-order valence-electron chi connectivity index (χ0n) is 10.8. The summed E-state index contributed by atoms with van der Waals surface area (Å²) >= 11 is 0. The van der Waals surface area contributed by atoms with Gasteiger partial charge < -0.3 is 4.74 Å². The highest BCUT2D eigenvalue weighted by atomic mass is 19.4. The Bertz CT molecular complexity index is 236. The molecule has 0 saturated heterocycles. The van der Waals surface area contributed by atoms with Crippen molar-refractivity contribution in [2.24, 2.45) is 11.8 Å². The Labute approximate surface area is 101 Å². The summed E-state index contributed by atoms with van der Waals surface area (Å²) in [5.74, 6) is -3.48. The summed E-state index contributed by atoms with van der Waals surface area (Å²) in [4.78, 5) is 11.6. The number of hydrogen-bond acceptors (Lipinski definition) is 2. The minimum Gasteiger partial charge on any atom is -0.463 e. The molecule has 0 fully saturated rings. The molecule has 0 spiro atoms. The standard InChI is InChI=1S/C12H21F3O2/c1-5-6-7-10(9(4)12(13,14)15)11(16)17-8(2)3/h8-10H,5-7H2,1-4H3. The van der Waals surface area contributed by atoms with Crippen LogP contribution in [0.15, 0.2) is 0 Å². The molecule has 0 rings (SSSR count). The van der Waals surface area contributed by atoms with E-state index in [-0.39, 0.29) is 12.5 Å². The van der Waals surface area contributed by atoms with Gasteiger partial charge in [0.1, 0.15) is 0 Å². The number of carbonyl (C=O) groups excluding carboxylic acids is 1. The van der Waals surface area contributed by atoms with Crippen LogP contribution in [0.3, 0.4) is 0 Å². The third kappa shape index (κ3) is 5.94. The molecule has 2 nitrogen and oxygen atoms in total. The van der Waals surface area contributed by atoms with Crippen LogP contribution in [0.4, 0.5) is 13.2 Å². The molecule has 0 heterocycles. The van der Waals surface area contributed by atoms with E-state index in [1.165, 1.54) is 0 Å². The highest BCUT2D eigenvalue weighted by molar-refractivity contribution is 5.73. The lowest BCUT2D eigenvalue weighted by molar-refractivity contribution is -0.196. The van der Waals surface area contributed by atoms with Gasteiger partial charge in [-0.25, -0.2) is 0 Å². The Balaban J connectivity index is 4.68. The zero-order chi connectivity index (χ0) is 13.6. The second kappa shape index (κ2) is 6.87. The first-order valence-corrected chi connectivity index (χ1v) is 5.97. The van der Waals surface area contributed by atoms with Crippen LogP contribution >= 0.6 is 0 Å². The minimum atomic E-state index is -4.35. The van der Waals surface area contributed by atoms with Crippen molar-refractivity contribution in [3.05, 3.63) is 0 Å². The molecule has 102 valence electrons. The Kier molecular flexibility index (Phi) is 6.57.